The van der Waals surface area contributed by atoms with Gasteiger partial charge in [-0.25, -0.2) is 0 Å². The molecular weight excluding hydrogens is 326 g/mol. The summed E-state index contributed by atoms with van der Waals surface area (Å²) < 4.78 is 0. The van der Waals surface area contributed by atoms with Crippen LogP contribution >= 0.6 is 12.4 Å². The fraction of sp³-hybridized carbons (Fsp3) is 0.556. The molecule has 5 nitrogen and oxygen atoms in total. The minimum absolute atomic E-state index is 0. The van der Waals surface area contributed by atoms with E-state index >= 15 is 0 Å². The summed E-state index contributed by atoms with van der Waals surface area (Å²) in [4.78, 5) is 25.9. The number of nitrogens with zero attached hydrogens (tertiary/aromatic N) is 1. The third-order valence-corrected chi connectivity index (χ3v) is 4.95. The summed E-state index contributed by atoms with van der Waals surface area (Å²) in [5, 5.41) is 2.94. The lowest BCUT2D eigenvalue weighted by molar-refractivity contribution is -0.128. The molecule has 2 amide bonds. The fourth-order valence-corrected chi connectivity index (χ4v) is 3.45. The van der Waals surface area contributed by atoms with E-state index in [4.69, 9.17) is 5.73 Å². The molecule has 1 aromatic carbocycles. The number of carbonyl (C=O) groups is 2. The van der Waals surface area contributed by atoms with E-state index in [-0.39, 0.29) is 24.2 Å². The van der Waals surface area contributed by atoms with Crippen molar-refractivity contribution in [2.75, 3.05) is 11.9 Å². The second-order valence-corrected chi connectivity index (χ2v) is 6.79. The largest absolute Gasteiger partial charge is 0.338 e. The summed E-state index contributed by atoms with van der Waals surface area (Å²) in [7, 11) is 0. The molecule has 0 aromatic heterocycles. The maximum absolute atomic E-state index is 12.4. The van der Waals surface area contributed by atoms with Crippen LogP contribution in [0.3, 0.4) is 0 Å². The highest BCUT2D eigenvalue weighted by atomic mass is 35.5. The lowest BCUT2D eigenvalue weighted by atomic mass is 9.82. The molecule has 1 saturated carbocycles. The summed E-state index contributed by atoms with van der Waals surface area (Å²) in [6.07, 6.45) is 6.33. The van der Waals surface area contributed by atoms with Crippen molar-refractivity contribution >= 4 is 29.9 Å². The van der Waals surface area contributed by atoms with Gasteiger partial charge in [0.2, 0.25) is 11.8 Å². The van der Waals surface area contributed by atoms with Gasteiger partial charge in [0.1, 0.15) is 0 Å². The monoisotopic (exact) mass is 351 g/mol. The first kappa shape index (κ1) is 18.7. The zero-order valence-electron chi connectivity index (χ0n) is 13.9. The van der Waals surface area contributed by atoms with Crippen LogP contribution in [-0.4, -0.2) is 28.8 Å². The Morgan fingerprint density at radius 2 is 1.79 bits per heavy atom. The SMILES string of the molecule is Cl.NC1(C(=O)Nc2ccc(CN3CCCC3=O)cc2)CCCCC1. The molecule has 1 aromatic rings. The molecule has 0 atom stereocenters. The molecule has 0 spiro atoms. The lowest BCUT2D eigenvalue weighted by Crippen LogP contribution is -2.52. The Bertz CT molecular complexity index is 582. The average molecular weight is 352 g/mol. The second kappa shape index (κ2) is 7.99. The molecule has 6 heteroatoms. The number of nitrogens with two attached hydrogens (primary N) is 1. The summed E-state index contributed by atoms with van der Waals surface area (Å²) in [6, 6.07) is 7.70. The highest BCUT2D eigenvalue weighted by Gasteiger charge is 2.35. The zero-order valence-corrected chi connectivity index (χ0v) is 14.7. The topological polar surface area (TPSA) is 75.4 Å². The van der Waals surface area contributed by atoms with Gasteiger partial charge in [0.05, 0.1) is 5.54 Å². The van der Waals surface area contributed by atoms with Gasteiger partial charge in [-0.15, -0.1) is 12.4 Å². The van der Waals surface area contributed by atoms with Crippen molar-refractivity contribution in [3.05, 3.63) is 29.8 Å². The Morgan fingerprint density at radius 3 is 2.38 bits per heavy atom. The number of anilines is 1. The fourth-order valence-electron chi connectivity index (χ4n) is 3.45. The molecule has 3 rings (SSSR count). The van der Waals surface area contributed by atoms with Gasteiger partial charge in [0.15, 0.2) is 0 Å². The van der Waals surface area contributed by atoms with Crippen molar-refractivity contribution < 1.29 is 9.59 Å². The van der Waals surface area contributed by atoms with E-state index in [1.54, 1.807) is 0 Å². The molecule has 1 saturated heterocycles. The van der Waals surface area contributed by atoms with Crippen molar-refractivity contribution in [2.45, 2.75) is 57.0 Å². The van der Waals surface area contributed by atoms with Gasteiger partial charge in [-0.3, -0.25) is 9.59 Å². The number of halogens is 1. The number of amides is 2. The van der Waals surface area contributed by atoms with Crippen LogP contribution in [0.2, 0.25) is 0 Å². The number of rotatable bonds is 4. The van der Waals surface area contributed by atoms with Crippen molar-refractivity contribution in [3.8, 4) is 0 Å². The molecule has 0 bridgehead atoms. The number of hydrogen-bond acceptors (Lipinski definition) is 3. The first-order chi connectivity index (χ1) is 11.1. The van der Waals surface area contributed by atoms with Crippen LogP contribution in [-0.2, 0) is 16.1 Å². The van der Waals surface area contributed by atoms with E-state index in [0.29, 0.717) is 13.0 Å². The van der Waals surface area contributed by atoms with Gasteiger partial charge in [-0.1, -0.05) is 31.4 Å². The van der Waals surface area contributed by atoms with E-state index < -0.39 is 5.54 Å². The molecule has 132 valence electrons. The third kappa shape index (κ3) is 4.28. The smallest absolute Gasteiger partial charge is 0.244 e. The van der Waals surface area contributed by atoms with E-state index in [1.807, 2.05) is 29.2 Å². The maximum atomic E-state index is 12.4. The first-order valence-corrected chi connectivity index (χ1v) is 8.54. The summed E-state index contributed by atoms with van der Waals surface area (Å²) in [5.41, 5.74) is 7.37. The predicted molar refractivity (Wildman–Crippen MR) is 97.0 cm³/mol. The molecule has 1 aliphatic heterocycles. The quantitative estimate of drug-likeness (QED) is 0.875. The van der Waals surface area contributed by atoms with Crippen LogP contribution in [0, 0.1) is 0 Å². The van der Waals surface area contributed by atoms with Crippen LogP contribution in [0.15, 0.2) is 24.3 Å². The molecular formula is C18H26ClN3O2. The summed E-state index contributed by atoms with van der Waals surface area (Å²) in [6.45, 7) is 1.49. The lowest BCUT2D eigenvalue weighted by Gasteiger charge is -2.31. The Hall–Kier alpha value is -1.59. The molecule has 24 heavy (non-hydrogen) atoms. The highest BCUT2D eigenvalue weighted by Crippen LogP contribution is 2.27. The van der Waals surface area contributed by atoms with Crippen LogP contribution < -0.4 is 11.1 Å². The van der Waals surface area contributed by atoms with Gasteiger partial charge in [0, 0.05) is 25.2 Å². The van der Waals surface area contributed by atoms with Crippen molar-refractivity contribution in [2.24, 2.45) is 5.73 Å². The van der Waals surface area contributed by atoms with Crippen LogP contribution in [0.5, 0.6) is 0 Å². The normalized spacial score (nSPS) is 19.7. The first-order valence-electron chi connectivity index (χ1n) is 8.54. The van der Waals surface area contributed by atoms with E-state index in [0.717, 1.165) is 56.3 Å². The Balaban J connectivity index is 0.00000208. The molecule has 0 radical (unpaired) electrons. The third-order valence-electron chi connectivity index (χ3n) is 4.95. The minimum Gasteiger partial charge on any atom is -0.338 e. The molecule has 0 unspecified atom stereocenters. The van der Waals surface area contributed by atoms with Gasteiger partial charge >= 0.3 is 0 Å². The van der Waals surface area contributed by atoms with E-state index in [9.17, 15) is 9.59 Å². The van der Waals surface area contributed by atoms with Crippen molar-refractivity contribution in [1.29, 1.82) is 0 Å². The minimum atomic E-state index is -0.723. The number of nitrogens with one attached hydrogen (secondary N) is 1. The van der Waals surface area contributed by atoms with E-state index in [1.165, 1.54) is 0 Å². The van der Waals surface area contributed by atoms with Crippen molar-refractivity contribution in [1.82, 2.24) is 4.90 Å². The number of hydrogen-bond donors (Lipinski definition) is 2. The number of carbonyl (C=O) groups excluding carboxylic acids is 2. The van der Waals surface area contributed by atoms with Crippen LogP contribution in [0.1, 0.15) is 50.5 Å². The Kier molecular flexibility index (Phi) is 6.24. The Labute approximate surface area is 149 Å². The number of likely N-dealkylation sites (tertiary alicyclic amines) is 1. The number of benzene rings is 1. The molecule has 1 aliphatic carbocycles. The second-order valence-electron chi connectivity index (χ2n) is 6.79. The van der Waals surface area contributed by atoms with Gasteiger partial charge < -0.3 is 16.0 Å². The van der Waals surface area contributed by atoms with Crippen LogP contribution in [0.4, 0.5) is 5.69 Å². The summed E-state index contributed by atoms with van der Waals surface area (Å²) in [5.74, 6) is 0.143. The maximum Gasteiger partial charge on any atom is 0.244 e. The zero-order chi connectivity index (χ0) is 16.3. The standard InChI is InChI=1S/C18H25N3O2.ClH/c19-18(10-2-1-3-11-18)17(23)20-15-8-6-14(7-9-15)13-21-12-4-5-16(21)22;/h6-9H,1-5,10-13,19H2,(H,20,23);1H. The average Bonchev–Trinajstić information content (AvgIpc) is 2.95. The molecule has 3 N–H and O–H groups in total. The summed E-state index contributed by atoms with van der Waals surface area (Å²) >= 11 is 0. The molecule has 2 aliphatic rings. The van der Waals surface area contributed by atoms with Gasteiger partial charge in [-0.2, -0.15) is 0 Å². The highest BCUT2D eigenvalue weighted by molar-refractivity contribution is 5.98. The van der Waals surface area contributed by atoms with Crippen molar-refractivity contribution in [3.63, 3.8) is 0 Å². The predicted octanol–water partition coefficient (Wildman–Crippen LogP) is 2.83. The molecule has 2 fully saturated rings. The van der Waals surface area contributed by atoms with Gasteiger partial charge in [0.25, 0.3) is 0 Å². The van der Waals surface area contributed by atoms with Crippen LogP contribution in [0.25, 0.3) is 0 Å². The van der Waals surface area contributed by atoms with E-state index in [2.05, 4.69) is 5.32 Å². The molecule has 1 heterocycles. The van der Waals surface area contributed by atoms with Gasteiger partial charge in [-0.05, 0) is 37.0 Å². The Morgan fingerprint density at radius 1 is 1.12 bits per heavy atom.